The summed E-state index contributed by atoms with van der Waals surface area (Å²) >= 11 is 0. The van der Waals surface area contributed by atoms with E-state index in [0.29, 0.717) is 11.4 Å². The van der Waals surface area contributed by atoms with Crippen LogP contribution in [0.15, 0.2) is 18.3 Å². The number of nitrogens with zero attached hydrogens (tertiary/aromatic N) is 1. The molecular formula is C9H11F3N2O. The SMILES string of the molecule is COc1ccc(CNC(F)C(F)F)cn1. The Morgan fingerprint density at radius 1 is 1.40 bits per heavy atom. The molecule has 0 amide bonds. The highest BCUT2D eigenvalue weighted by molar-refractivity contribution is 5.17. The molecule has 1 atom stereocenters. The summed E-state index contributed by atoms with van der Waals surface area (Å²) in [6.07, 6.45) is -3.90. The predicted octanol–water partition coefficient (Wildman–Crippen LogP) is 1.74. The fourth-order valence-electron chi connectivity index (χ4n) is 0.941. The molecule has 0 aliphatic rings. The molecule has 6 heteroatoms. The van der Waals surface area contributed by atoms with Gasteiger partial charge in [-0.05, 0) is 5.56 Å². The standard InChI is InChI=1S/C9H11F3N2O/c1-15-7-3-2-6(4-13-7)5-14-9(12)8(10)11/h2-4,8-9,14H,5H2,1H3. The Labute approximate surface area is 85.3 Å². The van der Waals surface area contributed by atoms with Crippen molar-refractivity contribution in [2.75, 3.05) is 7.11 Å². The Kier molecular flexibility index (Phi) is 4.36. The Hall–Kier alpha value is -1.30. The van der Waals surface area contributed by atoms with Crippen LogP contribution in [0, 0.1) is 0 Å². The van der Waals surface area contributed by atoms with Gasteiger partial charge in [-0.1, -0.05) is 6.07 Å². The van der Waals surface area contributed by atoms with Crippen molar-refractivity contribution in [3.63, 3.8) is 0 Å². The smallest absolute Gasteiger partial charge is 0.282 e. The number of halogens is 3. The molecule has 1 N–H and O–H groups in total. The average molecular weight is 220 g/mol. The van der Waals surface area contributed by atoms with Crippen molar-refractivity contribution < 1.29 is 17.9 Å². The first-order chi connectivity index (χ1) is 7.13. The predicted molar refractivity (Wildman–Crippen MR) is 48.5 cm³/mol. The molecule has 1 aromatic rings. The molecule has 0 saturated carbocycles. The van der Waals surface area contributed by atoms with Crippen LogP contribution in [0.2, 0.25) is 0 Å². The number of methoxy groups -OCH3 is 1. The van der Waals surface area contributed by atoms with Gasteiger partial charge in [-0.2, -0.15) is 0 Å². The summed E-state index contributed by atoms with van der Waals surface area (Å²) in [6.45, 7) is 0.00248. The Morgan fingerprint density at radius 2 is 2.13 bits per heavy atom. The van der Waals surface area contributed by atoms with Crippen molar-refractivity contribution in [2.24, 2.45) is 0 Å². The van der Waals surface area contributed by atoms with Crippen LogP contribution in [-0.2, 0) is 6.54 Å². The highest BCUT2D eigenvalue weighted by atomic mass is 19.3. The molecule has 1 heterocycles. The number of aromatic nitrogens is 1. The summed E-state index contributed by atoms with van der Waals surface area (Å²) in [5, 5.41) is 2.04. The number of pyridine rings is 1. The van der Waals surface area contributed by atoms with Crippen LogP contribution in [0.5, 0.6) is 5.88 Å². The molecule has 0 fully saturated rings. The lowest BCUT2D eigenvalue weighted by Gasteiger charge is -2.09. The fourth-order valence-corrected chi connectivity index (χ4v) is 0.941. The lowest BCUT2D eigenvalue weighted by atomic mass is 10.3. The summed E-state index contributed by atoms with van der Waals surface area (Å²) in [4.78, 5) is 3.85. The quantitative estimate of drug-likeness (QED) is 0.767. The van der Waals surface area contributed by atoms with Crippen LogP contribution in [0.3, 0.4) is 0 Å². The average Bonchev–Trinajstić information content (AvgIpc) is 2.26. The molecule has 1 unspecified atom stereocenters. The minimum absolute atomic E-state index is 0.00248. The summed E-state index contributed by atoms with van der Waals surface area (Å²) in [7, 11) is 1.47. The second-order valence-electron chi connectivity index (χ2n) is 2.83. The second kappa shape index (κ2) is 5.55. The van der Waals surface area contributed by atoms with Crippen molar-refractivity contribution in [3.8, 4) is 5.88 Å². The maximum Gasteiger partial charge on any atom is 0.282 e. The number of rotatable bonds is 5. The number of ether oxygens (including phenoxy) is 1. The van der Waals surface area contributed by atoms with Crippen molar-refractivity contribution in [1.82, 2.24) is 10.3 Å². The van der Waals surface area contributed by atoms with E-state index >= 15 is 0 Å². The summed E-state index contributed by atoms with van der Waals surface area (Å²) in [5.74, 6) is 0.421. The van der Waals surface area contributed by atoms with E-state index in [-0.39, 0.29) is 6.54 Å². The zero-order chi connectivity index (χ0) is 11.3. The Balaban J connectivity index is 2.44. The Morgan fingerprint density at radius 3 is 2.60 bits per heavy atom. The second-order valence-corrected chi connectivity index (χ2v) is 2.83. The van der Waals surface area contributed by atoms with Gasteiger partial charge < -0.3 is 4.74 Å². The molecule has 1 rings (SSSR count). The van der Waals surface area contributed by atoms with E-state index in [1.807, 2.05) is 5.32 Å². The van der Waals surface area contributed by atoms with Crippen molar-refractivity contribution in [2.45, 2.75) is 19.3 Å². The zero-order valence-corrected chi connectivity index (χ0v) is 8.08. The maximum absolute atomic E-state index is 12.5. The van der Waals surface area contributed by atoms with Gasteiger partial charge in [0.1, 0.15) is 0 Å². The monoisotopic (exact) mass is 220 g/mol. The van der Waals surface area contributed by atoms with Gasteiger partial charge in [0.2, 0.25) is 12.2 Å². The zero-order valence-electron chi connectivity index (χ0n) is 8.08. The number of alkyl halides is 3. The normalized spacial score (nSPS) is 12.9. The van der Waals surface area contributed by atoms with Crippen molar-refractivity contribution in [3.05, 3.63) is 23.9 Å². The van der Waals surface area contributed by atoms with Crippen molar-refractivity contribution in [1.29, 1.82) is 0 Å². The lowest BCUT2D eigenvalue weighted by molar-refractivity contribution is 0.0298. The summed E-state index contributed by atoms with van der Waals surface area (Å²) in [5.41, 5.74) is 0.610. The van der Waals surface area contributed by atoms with E-state index in [0.717, 1.165) is 0 Å². The molecule has 0 aromatic carbocycles. The van der Waals surface area contributed by atoms with E-state index in [1.165, 1.54) is 13.3 Å². The number of hydrogen-bond donors (Lipinski definition) is 1. The molecule has 0 spiro atoms. The molecule has 15 heavy (non-hydrogen) atoms. The largest absolute Gasteiger partial charge is 0.481 e. The first-order valence-electron chi connectivity index (χ1n) is 4.28. The van der Waals surface area contributed by atoms with Crippen LogP contribution in [0.1, 0.15) is 5.56 Å². The fraction of sp³-hybridized carbons (Fsp3) is 0.444. The van der Waals surface area contributed by atoms with Gasteiger partial charge in [0.25, 0.3) is 6.43 Å². The summed E-state index contributed by atoms with van der Waals surface area (Å²) in [6, 6.07) is 3.20. The molecule has 0 aliphatic heterocycles. The highest BCUT2D eigenvalue weighted by Gasteiger charge is 2.17. The molecule has 3 nitrogen and oxygen atoms in total. The lowest BCUT2D eigenvalue weighted by Crippen LogP contribution is -2.30. The van der Waals surface area contributed by atoms with Gasteiger partial charge in [-0.3, -0.25) is 5.32 Å². The van der Waals surface area contributed by atoms with Crippen LogP contribution in [-0.4, -0.2) is 24.8 Å². The molecular weight excluding hydrogens is 209 g/mol. The highest BCUT2D eigenvalue weighted by Crippen LogP contribution is 2.08. The van der Waals surface area contributed by atoms with Crippen LogP contribution < -0.4 is 10.1 Å². The van der Waals surface area contributed by atoms with Gasteiger partial charge in [0.05, 0.1) is 7.11 Å². The summed E-state index contributed by atoms with van der Waals surface area (Å²) < 4.78 is 40.8. The topological polar surface area (TPSA) is 34.1 Å². The molecule has 0 radical (unpaired) electrons. The first-order valence-corrected chi connectivity index (χ1v) is 4.28. The molecule has 1 aromatic heterocycles. The van der Waals surface area contributed by atoms with Crippen LogP contribution in [0.25, 0.3) is 0 Å². The van der Waals surface area contributed by atoms with Gasteiger partial charge >= 0.3 is 0 Å². The minimum atomic E-state index is -3.02. The van der Waals surface area contributed by atoms with Gasteiger partial charge in [-0.15, -0.1) is 0 Å². The minimum Gasteiger partial charge on any atom is -0.481 e. The van der Waals surface area contributed by atoms with Gasteiger partial charge in [-0.25, -0.2) is 18.2 Å². The third-order valence-corrected chi connectivity index (χ3v) is 1.73. The number of hydrogen-bond acceptors (Lipinski definition) is 3. The van der Waals surface area contributed by atoms with Crippen LogP contribution >= 0.6 is 0 Å². The van der Waals surface area contributed by atoms with E-state index in [4.69, 9.17) is 4.74 Å². The molecule has 84 valence electrons. The van der Waals surface area contributed by atoms with Crippen molar-refractivity contribution >= 4 is 0 Å². The van der Waals surface area contributed by atoms with Crippen LogP contribution in [0.4, 0.5) is 13.2 Å². The third-order valence-electron chi connectivity index (χ3n) is 1.73. The van der Waals surface area contributed by atoms with E-state index < -0.39 is 12.7 Å². The maximum atomic E-state index is 12.5. The van der Waals surface area contributed by atoms with E-state index in [1.54, 1.807) is 12.1 Å². The number of nitrogens with one attached hydrogen (secondary N) is 1. The molecule has 0 aliphatic carbocycles. The van der Waals surface area contributed by atoms with Gasteiger partial charge in [0.15, 0.2) is 0 Å². The Bertz CT molecular complexity index is 292. The van der Waals surface area contributed by atoms with E-state index in [9.17, 15) is 13.2 Å². The first kappa shape index (κ1) is 11.8. The molecule has 0 bridgehead atoms. The third kappa shape index (κ3) is 3.75. The molecule has 0 saturated heterocycles. The van der Waals surface area contributed by atoms with Gasteiger partial charge in [0, 0.05) is 18.8 Å². The van der Waals surface area contributed by atoms with E-state index in [2.05, 4.69) is 4.98 Å².